The molecule has 0 saturated heterocycles. The lowest BCUT2D eigenvalue weighted by atomic mass is 9.78. The molecule has 25 heavy (non-hydrogen) atoms. The van der Waals surface area contributed by atoms with E-state index >= 15 is 0 Å². The van der Waals surface area contributed by atoms with Crippen LogP contribution >= 0.6 is 0 Å². The normalized spacial score (nSPS) is 11.3. The molecule has 0 radical (unpaired) electrons. The number of hydrogen-bond donors (Lipinski definition) is 2. The van der Waals surface area contributed by atoms with Crippen LogP contribution in [0.25, 0.3) is 0 Å². The third-order valence-corrected chi connectivity index (χ3v) is 3.99. The van der Waals surface area contributed by atoms with Gasteiger partial charge in [-0.2, -0.15) is 0 Å². The fourth-order valence-electron chi connectivity index (χ4n) is 2.92. The summed E-state index contributed by atoms with van der Waals surface area (Å²) in [6, 6.07) is 12.6. The van der Waals surface area contributed by atoms with Crippen LogP contribution in [0.5, 0.6) is 0 Å². The molecule has 0 aliphatic carbocycles. The fraction of sp³-hybridized carbons (Fsp3) is 0.300. The molecule has 0 aromatic heterocycles. The molecular formula is C20H22O5. The summed E-state index contributed by atoms with van der Waals surface area (Å²) in [6.45, 7) is 5.84. The molecular weight excluding hydrogens is 320 g/mol. The molecule has 2 aromatic carbocycles. The Morgan fingerprint density at radius 2 is 1.52 bits per heavy atom. The Bertz CT molecular complexity index is 743. The van der Waals surface area contributed by atoms with Gasteiger partial charge in [0.1, 0.15) is 0 Å². The SMILES string of the molecule is Cc1cc(C(=O)O)c(C(C)(C)COCc2ccccc2)c(C(=O)O)c1. The highest BCUT2D eigenvalue weighted by Crippen LogP contribution is 2.32. The van der Waals surface area contributed by atoms with Crippen molar-refractivity contribution in [3.63, 3.8) is 0 Å². The van der Waals surface area contributed by atoms with Gasteiger partial charge in [0.15, 0.2) is 0 Å². The van der Waals surface area contributed by atoms with E-state index in [4.69, 9.17) is 4.74 Å². The van der Waals surface area contributed by atoms with E-state index in [1.807, 2.05) is 30.3 Å². The third kappa shape index (κ3) is 4.45. The maximum absolute atomic E-state index is 11.7. The molecule has 0 saturated carbocycles. The predicted octanol–water partition coefficient (Wildman–Crippen LogP) is 3.89. The average Bonchev–Trinajstić information content (AvgIpc) is 2.54. The van der Waals surface area contributed by atoms with Gasteiger partial charge in [-0.3, -0.25) is 0 Å². The number of aryl methyl sites for hydroxylation is 1. The number of carbonyl (C=O) groups is 2. The minimum Gasteiger partial charge on any atom is -0.478 e. The van der Waals surface area contributed by atoms with Gasteiger partial charge in [-0.1, -0.05) is 44.2 Å². The van der Waals surface area contributed by atoms with E-state index in [9.17, 15) is 19.8 Å². The highest BCUT2D eigenvalue weighted by atomic mass is 16.5. The van der Waals surface area contributed by atoms with Crippen molar-refractivity contribution >= 4 is 11.9 Å². The molecule has 0 aliphatic heterocycles. The van der Waals surface area contributed by atoms with E-state index in [1.165, 1.54) is 12.1 Å². The molecule has 0 aliphatic rings. The largest absolute Gasteiger partial charge is 0.478 e. The summed E-state index contributed by atoms with van der Waals surface area (Å²) in [5, 5.41) is 19.1. The topological polar surface area (TPSA) is 83.8 Å². The lowest BCUT2D eigenvalue weighted by Gasteiger charge is -2.28. The average molecular weight is 342 g/mol. The van der Waals surface area contributed by atoms with Crippen molar-refractivity contribution in [3.8, 4) is 0 Å². The quantitative estimate of drug-likeness (QED) is 0.797. The van der Waals surface area contributed by atoms with Gasteiger partial charge < -0.3 is 14.9 Å². The zero-order valence-electron chi connectivity index (χ0n) is 14.6. The third-order valence-electron chi connectivity index (χ3n) is 3.99. The van der Waals surface area contributed by atoms with Crippen LogP contribution < -0.4 is 0 Å². The van der Waals surface area contributed by atoms with Gasteiger partial charge in [0.25, 0.3) is 0 Å². The minimum absolute atomic E-state index is 0.00529. The lowest BCUT2D eigenvalue weighted by Crippen LogP contribution is -2.30. The second-order valence-corrected chi connectivity index (χ2v) is 6.71. The van der Waals surface area contributed by atoms with Crippen molar-refractivity contribution in [3.05, 3.63) is 70.3 Å². The molecule has 0 amide bonds. The monoisotopic (exact) mass is 342 g/mol. The van der Waals surface area contributed by atoms with Crippen LogP contribution in [-0.4, -0.2) is 28.8 Å². The van der Waals surface area contributed by atoms with Gasteiger partial charge in [0, 0.05) is 5.41 Å². The van der Waals surface area contributed by atoms with Gasteiger partial charge in [0.2, 0.25) is 0 Å². The second-order valence-electron chi connectivity index (χ2n) is 6.71. The Hall–Kier alpha value is -2.66. The molecule has 0 spiro atoms. The smallest absolute Gasteiger partial charge is 0.336 e. The van der Waals surface area contributed by atoms with Crippen molar-refractivity contribution in [1.82, 2.24) is 0 Å². The minimum atomic E-state index is -1.14. The number of ether oxygens (including phenoxy) is 1. The van der Waals surface area contributed by atoms with Crippen LogP contribution in [0.2, 0.25) is 0 Å². The number of hydrogen-bond acceptors (Lipinski definition) is 3. The van der Waals surface area contributed by atoms with Gasteiger partial charge >= 0.3 is 11.9 Å². The van der Waals surface area contributed by atoms with Crippen LogP contribution in [0.4, 0.5) is 0 Å². The standard InChI is InChI=1S/C20H22O5/c1-13-9-15(18(21)22)17(16(10-13)19(23)24)20(2,3)12-25-11-14-7-5-4-6-8-14/h4-10H,11-12H2,1-3H3,(H,21,22)(H,23,24). The number of aromatic carboxylic acids is 2. The summed E-state index contributed by atoms with van der Waals surface area (Å²) in [6.07, 6.45) is 0. The van der Waals surface area contributed by atoms with Crippen LogP contribution in [0.3, 0.4) is 0 Å². The predicted molar refractivity (Wildman–Crippen MR) is 94.2 cm³/mol. The first-order valence-corrected chi connectivity index (χ1v) is 7.96. The summed E-state index contributed by atoms with van der Waals surface area (Å²) >= 11 is 0. The Morgan fingerprint density at radius 3 is 2.00 bits per heavy atom. The molecule has 0 unspecified atom stereocenters. The molecule has 0 bridgehead atoms. The van der Waals surface area contributed by atoms with Crippen molar-refractivity contribution in [2.24, 2.45) is 0 Å². The Labute approximate surface area is 146 Å². The molecule has 2 rings (SSSR count). The fourth-order valence-corrected chi connectivity index (χ4v) is 2.92. The molecule has 132 valence electrons. The summed E-state index contributed by atoms with van der Waals surface area (Å²) in [5.41, 5.74) is 1.12. The first-order valence-electron chi connectivity index (χ1n) is 7.96. The van der Waals surface area contributed by atoms with Crippen molar-refractivity contribution in [2.45, 2.75) is 32.8 Å². The molecule has 0 fully saturated rings. The molecule has 2 aromatic rings. The number of benzene rings is 2. The van der Waals surface area contributed by atoms with Gasteiger partial charge in [0.05, 0.1) is 24.3 Å². The maximum atomic E-state index is 11.7. The molecule has 0 heterocycles. The number of rotatable bonds is 7. The van der Waals surface area contributed by atoms with Crippen LogP contribution in [0, 0.1) is 6.92 Å². The summed E-state index contributed by atoms with van der Waals surface area (Å²) < 4.78 is 5.75. The van der Waals surface area contributed by atoms with Crippen LogP contribution in [0.1, 0.15) is 51.3 Å². The first-order chi connectivity index (χ1) is 11.7. The number of carboxylic acids is 2. The van der Waals surface area contributed by atoms with E-state index in [2.05, 4.69) is 0 Å². The van der Waals surface area contributed by atoms with E-state index in [1.54, 1.807) is 20.8 Å². The van der Waals surface area contributed by atoms with E-state index in [0.29, 0.717) is 12.2 Å². The van der Waals surface area contributed by atoms with E-state index < -0.39 is 17.4 Å². The second kappa shape index (κ2) is 7.49. The Balaban J connectivity index is 2.33. The molecule has 0 atom stereocenters. The number of carboxylic acid groups (broad SMARTS) is 2. The van der Waals surface area contributed by atoms with Gasteiger partial charge in [-0.15, -0.1) is 0 Å². The summed E-state index contributed by atoms with van der Waals surface area (Å²) in [7, 11) is 0. The molecule has 5 heteroatoms. The molecule has 2 N–H and O–H groups in total. The zero-order chi connectivity index (χ0) is 18.6. The van der Waals surface area contributed by atoms with Crippen molar-refractivity contribution in [1.29, 1.82) is 0 Å². The highest BCUT2D eigenvalue weighted by molar-refractivity contribution is 5.97. The van der Waals surface area contributed by atoms with Crippen LogP contribution in [0.15, 0.2) is 42.5 Å². The lowest BCUT2D eigenvalue weighted by molar-refractivity contribution is 0.0664. The van der Waals surface area contributed by atoms with Crippen LogP contribution in [-0.2, 0) is 16.8 Å². The zero-order valence-corrected chi connectivity index (χ0v) is 14.6. The van der Waals surface area contributed by atoms with Crippen molar-refractivity contribution < 1.29 is 24.5 Å². The van der Waals surface area contributed by atoms with E-state index in [-0.39, 0.29) is 23.3 Å². The maximum Gasteiger partial charge on any atom is 0.336 e. The highest BCUT2D eigenvalue weighted by Gasteiger charge is 2.32. The summed E-state index contributed by atoms with van der Waals surface area (Å²) in [5.74, 6) is -2.28. The molecule has 5 nitrogen and oxygen atoms in total. The van der Waals surface area contributed by atoms with Gasteiger partial charge in [-0.05, 0) is 35.7 Å². The Kier molecular flexibility index (Phi) is 5.59. The first kappa shape index (κ1) is 18.7. The van der Waals surface area contributed by atoms with Crippen molar-refractivity contribution in [2.75, 3.05) is 6.61 Å². The summed E-state index contributed by atoms with van der Waals surface area (Å²) in [4.78, 5) is 23.3. The Morgan fingerprint density at radius 1 is 1.00 bits per heavy atom. The van der Waals surface area contributed by atoms with Gasteiger partial charge in [-0.25, -0.2) is 9.59 Å². The van der Waals surface area contributed by atoms with E-state index in [0.717, 1.165) is 5.56 Å².